The van der Waals surface area contributed by atoms with Crippen LogP contribution >= 0.6 is 0 Å². The molecule has 2 heterocycles. The molecule has 1 unspecified atom stereocenters. The van der Waals surface area contributed by atoms with Gasteiger partial charge < -0.3 is 19.9 Å². The van der Waals surface area contributed by atoms with Crippen LogP contribution in [0.2, 0.25) is 0 Å². The highest BCUT2D eigenvalue weighted by atomic mass is 16.3. The van der Waals surface area contributed by atoms with E-state index in [1.807, 2.05) is 35.0 Å². The van der Waals surface area contributed by atoms with Gasteiger partial charge in [-0.15, -0.1) is 0 Å². The van der Waals surface area contributed by atoms with Crippen molar-refractivity contribution in [2.45, 2.75) is 50.8 Å². The van der Waals surface area contributed by atoms with Crippen molar-refractivity contribution < 1.29 is 14.7 Å². The highest BCUT2D eigenvalue weighted by molar-refractivity contribution is 5.95. The number of amides is 2. The highest BCUT2D eigenvalue weighted by Crippen LogP contribution is 2.28. The summed E-state index contributed by atoms with van der Waals surface area (Å²) in [6, 6.07) is 7.39. The van der Waals surface area contributed by atoms with E-state index in [0.29, 0.717) is 18.8 Å². The molecule has 1 saturated heterocycles. The number of nitrogens with one attached hydrogen (secondary N) is 1. The summed E-state index contributed by atoms with van der Waals surface area (Å²) in [7, 11) is 0. The van der Waals surface area contributed by atoms with Gasteiger partial charge >= 0.3 is 0 Å². The second-order valence-electron chi connectivity index (χ2n) is 7.83. The second kappa shape index (κ2) is 8.14. The number of rotatable bonds is 6. The normalized spacial score (nSPS) is 24.7. The van der Waals surface area contributed by atoms with Crippen molar-refractivity contribution in [2.75, 3.05) is 11.4 Å². The number of aliphatic hydroxyl groups excluding tert-OH is 1. The topological polar surface area (TPSA) is 87.5 Å². The van der Waals surface area contributed by atoms with Gasteiger partial charge in [0.2, 0.25) is 11.8 Å². The summed E-state index contributed by atoms with van der Waals surface area (Å²) >= 11 is 0. The molecule has 7 nitrogen and oxygen atoms in total. The van der Waals surface area contributed by atoms with E-state index < -0.39 is 6.10 Å². The van der Waals surface area contributed by atoms with Crippen LogP contribution in [-0.4, -0.2) is 45.2 Å². The lowest BCUT2D eigenvalue weighted by Gasteiger charge is -2.17. The molecule has 2 fully saturated rings. The lowest BCUT2D eigenvalue weighted by atomic mass is 10.1. The minimum Gasteiger partial charge on any atom is -0.391 e. The molecule has 1 aliphatic carbocycles. The first-order valence-electron chi connectivity index (χ1n) is 9.91. The van der Waals surface area contributed by atoms with E-state index in [1.165, 1.54) is 0 Å². The van der Waals surface area contributed by atoms with E-state index in [2.05, 4.69) is 10.3 Å². The van der Waals surface area contributed by atoms with E-state index in [9.17, 15) is 14.7 Å². The number of benzene rings is 1. The molecule has 0 spiro atoms. The lowest BCUT2D eigenvalue weighted by molar-refractivity contribution is -0.121. The molecule has 2 amide bonds. The van der Waals surface area contributed by atoms with Crippen LogP contribution in [0.3, 0.4) is 0 Å². The Labute approximate surface area is 164 Å². The maximum Gasteiger partial charge on any atom is 0.227 e. The van der Waals surface area contributed by atoms with Crippen molar-refractivity contribution in [3.8, 4) is 0 Å². The third kappa shape index (κ3) is 4.25. The van der Waals surface area contributed by atoms with Crippen LogP contribution in [0.25, 0.3) is 0 Å². The molecule has 3 atom stereocenters. The van der Waals surface area contributed by atoms with Gasteiger partial charge in [-0.3, -0.25) is 9.59 Å². The van der Waals surface area contributed by atoms with Crippen molar-refractivity contribution in [2.24, 2.45) is 5.92 Å². The van der Waals surface area contributed by atoms with E-state index >= 15 is 0 Å². The molecule has 2 aromatic rings. The molecular weight excluding hydrogens is 356 g/mol. The number of hydrogen-bond acceptors (Lipinski definition) is 4. The Bertz CT molecular complexity index is 819. The average molecular weight is 382 g/mol. The van der Waals surface area contributed by atoms with Gasteiger partial charge in [-0.1, -0.05) is 12.1 Å². The zero-order valence-corrected chi connectivity index (χ0v) is 15.8. The zero-order chi connectivity index (χ0) is 19.5. The predicted octanol–water partition coefficient (Wildman–Crippen LogP) is 1.51. The molecule has 28 heavy (non-hydrogen) atoms. The molecule has 2 N–H and O–H groups in total. The Balaban J connectivity index is 1.28. The fourth-order valence-corrected chi connectivity index (χ4v) is 4.27. The number of carbonyl (C=O) groups is 2. The van der Waals surface area contributed by atoms with Crippen molar-refractivity contribution in [1.82, 2.24) is 14.9 Å². The fourth-order valence-electron chi connectivity index (χ4n) is 4.27. The van der Waals surface area contributed by atoms with Gasteiger partial charge in [0.25, 0.3) is 0 Å². The van der Waals surface area contributed by atoms with Crippen LogP contribution in [0.15, 0.2) is 43.0 Å². The monoisotopic (exact) mass is 382 g/mol. The first kappa shape index (κ1) is 18.7. The first-order valence-corrected chi connectivity index (χ1v) is 9.91. The predicted molar refractivity (Wildman–Crippen MR) is 105 cm³/mol. The number of aromatic nitrogens is 2. The van der Waals surface area contributed by atoms with Crippen molar-refractivity contribution in [3.63, 3.8) is 0 Å². The number of anilines is 1. The summed E-state index contributed by atoms with van der Waals surface area (Å²) in [6.07, 6.45) is 8.14. The second-order valence-corrected chi connectivity index (χ2v) is 7.83. The molecule has 4 rings (SSSR count). The molecule has 1 saturated carbocycles. The quantitative estimate of drug-likeness (QED) is 0.793. The Kier molecular flexibility index (Phi) is 5.43. The Morgan fingerprint density at radius 1 is 1.25 bits per heavy atom. The molecule has 148 valence electrons. The summed E-state index contributed by atoms with van der Waals surface area (Å²) in [5, 5.41) is 13.3. The summed E-state index contributed by atoms with van der Waals surface area (Å²) < 4.78 is 2.01. The van der Waals surface area contributed by atoms with Crippen LogP contribution in [0.4, 0.5) is 5.69 Å². The van der Waals surface area contributed by atoms with E-state index in [-0.39, 0.29) is 24.3 Å². The fraction of sp³-hybridized carbons (Fsp3) is 0.476. The molecule has 1 aromatic carbocycles. The van der Waals surface area contributed by atoms with Crippen molar-refractivity contribution >= 4 is 17.5 Å². The largest absolute Gasteiger partial charge is 0.391 e. The number of carbonyl (C=O) groups excluding carboxylic acids is 2. The number of imidazole rings is 1. The van der Waals surface area contributed by atoms with Crippen LogP contribution in [-0.2, 0) is 22.6 Å². The number of nitrogens with zero attached hydrogens (tertiary/aromatic N) is 3. The minimum absolute atomic E-state index is 0.0858. The van der Waals surface area contributed by atoms with E-state index in [4.69, 9.17) is 0 Å². The van der Waals surface area contributed by atoms with Gasteiger partial charge in [0.1, 0.15) is 0 Å². The molecule has 1 aromatic heterocycles. The third-order valence-corrected chi connectivity index (χ3v) is 5.69. The van der Waals surface area contributed by atoms with Crippen LogP contribution in [0.1, 0.15) is 31.2 Å². The summed E-state index contributed by atoms with van der Waals surface area (Å²) in [5.74, 6) is 0.398. The highest BCUT2D eigenvalue weighted by Gasteiger charge is 2.34. The van der Waals surface area contributed by atoms with Gasteiger partial charge in [-0.25, -0.2) is 4.98 Å². The Morgan fingerprint density at radius 3 is 2.75 bits per heavy atom. The Morgan fingerprint density at radius 2 is 2.07 bits per heavy atom. The van der Waals surface area contributed by atoms with Gasteiger partial charge in [0, 0.05) is 37.6 Å². The maximum atomic E-state index is 12.4. The van der Waals surface area contributed by atoms with E-state index in [1.54, 1.807) is 17.4 Å². The first-order chi connectivity index (χ1) is 13.6. The average Bonchev–Trinajstić information content (AvgIpc) is 3.39. The molecule has 0 bridgehead atoms. The molecule has 0 radical (unpaired) electrons. The standard InChI is InChI=1S/C21H26N4O3/c26-19-11-16(13-24-9-7-22-14-24)10-18(19)23-20(27)12-15-3-5-17(6-4-15)25-8-1-2-21(25)28/h3-7,9,14,16,18-19,26H,1-2,8,10-13H2,(H,23,27)/t16?,18-,19-/m1/s1. The third-order valence-electron chi connectivity index (χ3n) is 5.69. The SMILES string of the molecule is O=C(Cc1ccc(N2CCCC2=O)cc1)N[C@@H]1CC(Cn2ccnc2)C[C@H]1O. The van der Waals surface area contributed by atoms with Gasteiger partial charge in [0.15, 0.2) is 0 Å². The zero-order valence-electron chi connectivity index (χ0n) is 15.8. The smallest absolute Gasteiger partial charge is 0.227 e. The minimum atomic E-state index is -0.513. The van der Waals surface area contributed by atoms with Crippen LogP contribution in [0.5, 0.6) is 0 Å². The lowest BCUT2D eigenvalue weighted by Crippen LogP contribution is -2.40. The summed E-state index contributed by atoms with van der Waals surface area (Å²) in [4.78, 5) is 30.1. The van der Waals surface area contributed by atoms with Gasteiger partial charge in [-0.2, -0.15) is 0 Å². The van der Waals surface area contributed by atoms with E-state index in [0.717, 1.165) is 37.2 Å². The number of hydrogen-bond donors (Lipinski definition) is 2. The summed E-state index contributed by atoms with van der Waals surface area (Å²) in [5.41, 5.74) is 1.79. The summed E-state index contributed by atoms with van der Waals surface area (Å²) in [6.45, 7) is 1.57. The molecule has 1 aliphatic heterocycles. The molecule has 2 aliphatic rings. The van der Waals surface area contributed by atoms with Crippen LogP contribution < -0.4 is 10.2 Å². The number of aliphatic hydroxyl groups is 1. The molecule has 7 heteroatoms. The van der Waals surface area contributed by atoms with Crippen LogP contribution in [0, 0.1) is 5.92 Å². The van der Waals surface area contributed by atoms with Crippen molar-refractivity contribution in [3.05, 3.63) is 48.5 Å². The Hall–Kier alpha value is -2.67. The van der Waals surface area contributed by atoms with Crippen molar-refractivity contribution in [1.29, 1.82) is 0 Å². The molecular formula is C21H26N4O3. The van der Waals surface area contributed by atoms with Gasteiger partial charge in [-0.05, 0) is 42.9 Å². The van der Waals surface area contributed by atoms with Gasteiger partial charge in [0.05, 0.1) is 24.9 Å². The maximum absolute atomic E-state index is 12.4.